The van der Waals surface area contributed by atoms with Crippen LogP contribution < -0.4 is 5.73 Å². The third kappa shape index (κ3) is 2.32. The first-order valence-electron chi connectivity index (χ1n) is 5.14. The van der Waals surface area contributed by atoms with E-state index in [4.69, 9.17) is 5.73 Å². The molecule has 0 radical (unpaired) electrons. The zero-order chi connectivity index (χ0) is 9.10. The highest BCUT2D eigenvalue weighted by molar-refractivity contribution is 7.09. The monoisotopic (exact) mass is 195 g/mol. The van der Waals surface area contributed by atoms with Crippen LogP contribution in [0.15, 0.2) is 17.5 Å². The molecule has 0 aromatic carbocycles. The molecule has 13 heavy (non-hydrogen) atoms. The van der Waals surface area contributed by atoms with E-state index in [0.717, 1.165) is 5.92 Å². The van der Waals surface area contributed by atoms with Crippen molar-refractivity contribution in [1.29, 1.82) is 0 Å². The average molecular weight is 195 g/mol. The number of aryl methyl sites for hydroxylation is 1. The van der Waals surface area contributed by atoms with Crippen molar-refractivity contribution < 1.29 is 0 Å². The Kier molecular flexibility index (Phi) is 3.01. The molecule has 0 spiro atoms. The molecule has 2 atom stereocenters. The van der Waals surface area contributed by atoms with Crippen molar-refractivity contribution in [3.05, 3.63) is 22.4 Å². The maximum absolute atomic E-state index is 6.02. The van der Waals surface area contributed by atoms with Gasteiger partial charge in [-0.15, -0.1) is 11.3 Å². The predicted molar refractivity (Wildman–Crippen MR) is 58.0 cm³/mol. The highest BCUT2D eigenvalue weighted by Gasteiger charge is 2.23. The lowest BCUT2D eigenvalue weighted by Crippen LogP contribution is -2.24. The first kappa shape index (κ1) is 9.22. The Morgan fingerprint density at radius 2 is 2.38 bits per heavy atom. The Hall–Kier alpha value is -0.340. The summed E-state index contributed by atoms with van der Waals surface area (Å²) in [6.45, 7) is 0. The van der Waals surface area contributed by atoms with Crippen LogP contribution in [0.25, 0.3) is 0 Å². The van der Waals surface area contributed by atoms with Crippen molar-refractivity contribution in [2.45, 2.75) is 38.1 Å². The summed E-state index contributed by atoms with van der Waals surface area (Å²) >= 11 is 1.87. The summed E-state index contributed by atoms with van der Waals surface area (Å²) in [7, 11) is 0. The van der Waals surface area contributed by atoms with E-state index >= 15 is 0 Å². The second kappa shape index (κ2) is 4.25. The summed E-state index contributed by atoms with van der Waals surface area (Å²) in [5, 5.41) is 2.16. The van der Waals surface area contributed by atoms with Crippen molar-refractivity contribution >= 4 is 11.3 Å². The average Bonchev–Trinajstić information content (AvgIpc) is 2.72. The minimum Gasteiger partial charge on any atom is -0.327 e. The van der Waals surface area contributed by atoms with Crippen LogP contribution in [-0.2, 0) is 6.42 Å². The molecule has 1 nitrogen and oxygen atoms in total. The first-order valence-corrected chi connectivity index (χ1v) is 6.02. The molecule has 2 N–H and O–H groups in total. The molecule has 2 rings (SSSR count). The predicted octanol–water partition coefficient (Wildman–Crippen LogP) is 2.81. The number of thiophene rings is 1. The topological polar surface area (TPSA) is 26.0 Å². The maximum Gasteiger partial charge on any atom is 0.00672 e. The van der Waals surface area contributed by atoms with E-state index in [9.17, 15) is 0 Å². The van der Waals surface area contributed by atoms with Gasteiger partial charge in [0, 0.05) is 10.9 Å². The number of nitrogens with two attached hydrogens (primary N) is 1. The molecule has 1 fully saturated rings. The molecule has 2 unspecified atom stereocenters. The van der Waals surface area contributed by atoms with Gasteiger partial charge in [0.2, 0.25) is 0 Å². The Labute approximate surface area is 84.0 Å². The van der Waals surface area contributed by atoms with Crippen LogP contribution in [0.2, 0.25) is 0 Å². The third-order valence-electron chi connectivity index (χ3n) is 3.06. The number of hydrogen-bond donors (Lipinski definition) is 1. The Morgan fingerprint density at radius 3 is 3.00 bits per heavy atom. The Morgan fingerprint density at radius 1 is 1.46 bits per heavy atom. The van der Waals surface area contributed by atoms with Crippen LogP contribution in [0.3, 0.4) is 0 Å². The molecular formula is C11H17NS. The minimum atomic E-state index is 0.486. The summed E-state index contributed by atoms with van der Waals surface area (Å²) in [6, 6.07) is 4.85. The van der Waals surface area contributed by atoms with Crippen LogP contribution in [0.1, 0.15) is 30.6 Å². The minimum absolute atomic E-state index is 0.486. The highest BCUT2D eigenvalue weighted by atomic mass is 32.1. The van der Waals surface area contributed by atoms with E-state index < -0.39 is 0 Å². The lowest BCUT2D eigenvalue weighted by atomic mass is 9.98. The summed E-state index contributed by atoms with van der Waals surface area (Å²) in [5.41, 5.74) is 6.02. The fraction of sp³-hybridized carbons (Fsp3) is 0.636. The molecule has 0 saturated heterocycles. The van der Waals surface area contributed by atoms with Gasteiger partial charge >= 0.3 is 0 Å². The van der Waals surface area contributed by atoms with E-state index in [2.05, 4.69) is 17.5 Å². The van der Waals surface area contributed by atoms with Crippen molar-refractivity contribution in [3.8, 4) is 0 Å². The van der Waals surface area contributed by atoms with Crippen LogP contribution in [0.5, 0.6) is 0 Å². The molecule has 1 aromatic heterocycles. The smallest absolute Gasteiger partial charge is 0.00672 e. The van der Waals surface area contributed by atoms with E-state index in [-0.39, 0.29) is 0 Å². The summed E-state index contributed by atoms with van der Waals surface area (Å²) in [4.78, 5) is 1.51. The molecule has 1 saturated carbocycles. The van der Waals surface area contributed by atoms with Gasteiger partial charge in [-0.3, -0.25) is 0 Å². The Balaban J connectivity index is 1.79. The SMILES string of the molecule is NC1CCCC1CCc1cccs1. The standard InChI is InChI=1S/C11H17NS/c12-11-5-1-3-9(11)6-7-10-4-2-8-13-10/h2,4,8-9,11H,1,3,5-7,12H2. The molecule has 1 aliphatic carbocycles. The van der Waals surface area contributed by atoms with Gasteiger partial charge in [-0.2, -0.15) is 0 Å². The zero-order valence-electron chi connectivity index (χ0n) is 7.91. The van der Waals surface area contributed by atoms with Crippen molar-refractivity contribution in [2.75, 3.05) is 0 Å². The normalized spacial score (nSPS) is 28.1. The van der Waals surface area contributed by atoms with Gasteiger partial charge in [0.15, 0.2) is 0 Å². The zero-order valence-corrected chi connectivity index (χ0v) is 8.72. The van der Waals surface area contributed by atoms with E-state index in [1.165, 1.54) is 37.0 Å². The molecule has 0 aliphatic heterocycles. The van der Waals surface area contributed by atoms with Crippen LogP contribution in [-0.4, -0.2) is 6.04 Å². The second-order valence-corrected chi connectivity index (χ2v) is 5.01. The van der Waals surface area contributed by atoms with Crippen molar-refractivity contribution in [3.63, 3.8) is 0 Å². The highest BCUT2D eigenvalue weighted by Crippen LogP contribution is 2.28. The molecular weight excluding hydrogens is 178 g/mol. The van der Waals surface area contributed by atoms with Gasteiger partial charge in [-0.1, -0.05) is 12.5 Å². The van der Waals surface area contributed by atoms with Gasteiger partial charge < -0.3 is 5.73 Å². The van der Waals surface area contributed by atoms with E-state index in [1.807, 2.05) is 11.3 Å². The summed E-state index contributed by atoms with van der Waals surface area (Å²) in [5.74, 6) is 0.794. The summed E-state index contributed by atoms with van der Waals surface area (Å²) in [6.07, 6.45) is 6.47. The van der Waals surface area contributed by atoms with E-state index in [1.54, 1.807) is 0 Å². The molecule has 1 heterocycles. The quantitative estimate of drug-likeness (QED) is 0.788. The first-order chi connectivity index (χ1) is 6.36. The van der Waals surface area contributed by atoms with Gasteiger partial charge in [0.25, 0.3) is 0 Å². The fourth-order valence-corrected chi connectivity index (χ4v) is 2.93. The van der Waals surface area contributed by atoms with Crippen LogP contribution in [0, 0.1) is 5.92 Å². The molecule has 1 aromatic rings. The van der Waals surface area contributed by atoms with Gasteiger partial charge in [0.05, 0.1) is 0 Å². The van der Waals surface area contributed by atoms with Crippen molar-refractivity contribution in [2.24, 2.45) is 11.7 Å². The molecule has 72 valence electrons. The molecule has 0 amide bonds. The lowest BCUT2D eigenvalue weighted by molar-refractivity contribution is 0.448. The fourth-order valence-electron chi connectivity index (χ4n) is 2.21. The molecule has 1 aliphatic rings. The van der Waals surface area contributed by atoms with Gasteiger partial charge in [-0.25, -0.2) is 0 Å². The largest absolute Gasteiger partial charge is 0.327 e. The van der Waals surface area contributed by atoms with Crippen molar-refractivity contribution in [1.82, 2.24) is 0 Å². The lowest BCUT2D eigenvalue weighted by Gasteiger charge is -2.13. The molecule has 2 heteroatoms. The second-order valence-electron chi connectivity index (χ2n) is 3.97. The number of hydrogen-bond acceptors (Lipinski definition) is 2. The third-order valence-corrected chi connectivity index (χ3v) is 4.00. The molecule has 0 bridgehead atoms. The van der Waals surface area contributed by atoms with Crippen LogP contribution in [0.4, 0.5) is 0 Å². The maximum atomic E-state index is 6.02. The Bertz CT molecular complexity index is 243. The van der Waals surface area contributed by atoms with Crippen LogP contribution >= 0.6 is 11.3 Å². The number of rotatable bonds is 3. The summed E-state index contributed by atoms with van der Waals surface area (Å²) < 4.78 is 0. The van der Waals surface area contributed by atoms with Gasteiger partial charge in [-0.05, 0) is 43.0 Å². The van der Waals surface area contributed by atoms with E-state index in [0.29, 0.717) is 6.04 Å². The van der Waals surface area contributed by atoms with Gasteiger partial charge in [0.1, 0.15) is 0 Å².